The van der Waals surface area contributed by atoms with Crippen LogP contribution < -0.4 is 14.8 Å². The highest BCUT2D eigenvalue weighted by Gasteiger charge is 2.64. The predicted molar refractivity (Wildman–Crippen MR) is 176 cm³/mol. The third-order valence-electron chi connectivity index (χ3n) is 11.3. The summed E-state index contributed by atoms with van der Waals surface area (Å²) in [5.41, 5.74) is 2.31. The van der Waals surface area contributed by atoms with Crippen molar-refractivity contribution in [3.63, 3.8) is 0 Å². The topological polar surface area (TPSA) is 102 Å². The van der Waals surface area contributed by atoms with E-state index in [2.05, 4.69) is 20.0 Å². The van der Waals surface area contributed by atoms with E-state index < -0.39 is 27.5 Å². The minimum absolute atomic E-state index is 0.0207. The molecule has 3 aliphatic carbocycles. The number of ether oxygens (including phenoxy) is 2. The quantitative estimate of drug-likeness (QED) is 0.243. The molecule has 2 heterocycles. The Morgan fingerprint density at radius 2 is 1.73 bits per heavy atom. The molecule has 4 bridgehead atoms. The Bertz CT molecular complexity index is 1760. The predicted octanol–water partition coefficient (Wildman–Crippen LogP) is 7.18. The van der Waals surface area contributed by atoms with Gasteiger partial charge in [0.05, 0.1) is 29.2 Å². The standard InChI is InChI=1S/C36H43F3N4O4S/c1-22-6-4-7-23(2)31(22)29-15-30-42-33(41-29)43-48(44,45)28-9-5-8-24(14-28)32(26(21-47-30)18-35(10-11-35)36(37,38)39)25-16-34(17-25)19-27(20-34)40-12-13-46-3/h4-9,14-15,25-27,32,40H,10-13,16-21H2,1-3H3,(H,41,42,43)/t25?,26-,27?,32?,34?/m1/s1. The second-order valence-corrected chi connectivity index (χ2v) is 16.3. The lowest BCUT2D eigenvalue weighted by Gasteiger charge is -2.60. The van der Waals surface area contributed by atoms with Gasteiger partial charge in [-0.05, 0) is 105 Å². The Morgan fingerprint density at radius 1 is 1.02 bits per heavy atom. The van der Waals surface area contributed by atoms with E-state index >= 15 is 0 Å². The first-order valence-electron chi connectivity index (χ1n) is 16.8. The summed E-state index contributed by atoms with van der Waals surface area (Å²) in [6.45, 7) is 5.33. The van der Waals surface area contributed by atoms with Gasteiger partial charge in [-0.15, -0.1) is 0 Å². The molecule has 3 aromatic rings. The van der Waals surface area contributed by atoms with Crippen molar-refractivity contribution in [2.75, 3.05) is 31.6 Å². The highest BCUT2D eigenvalue weighted by molar-refractivity contribution is 7.92. The zero-order chi connectivity index (χ0) is 33.9. The van der Waals surface area contributed by atoms with Gasteiger partial charge in [-0.2, -0.15) is 18.2 Å². The number of nitrogens with zero attached hydrogens (tertiary/aromatic N) is 2. The number of halogens is 3. The first kappa shape index (κ1) is 33.3. The summed E-state index contributed by atoms with van der Waals surface area (Å²) in [7, 11) is -2.45. The minimum Gasteiger partial charge on any atom is -0.477 e. The Labute approximate surface area is 280 Å². The minimum atomic E-state index is -4.33. The fourth-order valence-corrected chi connectivity index (χ4v) is 9.76. The van der Waals surface area contributed by atoms with Crippen molar-refractivity contribution >= 4 is 16.0 Å². The number of nitrogens with one attached hydrogen (secondary N) is 2. The largest absolute Gasteiger partial charge is 0.477 e. The van der Waals surface area contributed by atoms with Crippen LogP contribution in [-0.2, 0) is 14.8 Å². The molecule has 2 aromatic carbocycles. The highest BCUT2D eigenvalue weighted by atomic mass is 32.2. The average Bonchev–Trinajstić information content (AvgIpc) is 3.78. The molecule has 4 aliphatic rings. The number of anilines is 1. The number of sulfonamides is 1. The van der Waals surface area contributed by atoms with Crippen molar-refractivity contribution in [1.29, 1.82) is 0 Å². The van der Waals surface area contributed by atoms with Crippen LogP contribution in [0.25, 0.3) is 11.3 Å². The number of aryl methyl sites for hydroxylation is 2. The lowest BCUT2D eigenvalue weighted by molar-refractivity contribution is -0.194. The molecule has 7 rings (SSSR count). The molecule has 1 spiro atoms. The SMILES string of the molecule is COCCNC1CC2(C1)CC(C1c3cccc(c3)S(=O)(=O)Nc3nc(cc(-c4c(C)cccc4C)n3)OC[C@H]1CC1(C(F)(F)F)CC1)C2. The van der Waals surface area contributed by atoms with Crippen LogP contribution in [0, 0.1) is 36.5 Å². The first-order valence-corrected chi connectivity index (χ1v) is 18.3. The van der Waals surface area contributed by atoms with Crippen LogP contribution in [0.4, 0.5) is 19.1 Å². The fourth-order valence-electron chi connectivity index (χ4n) is 8.76. The normalized spacial score (nSPS) is 28.5. The molecule has 258 valence electrons. The molecule has 3 saturated carbocycles. The summed E-state index contributed by atoms with van der Waals surface area (Å²) in [5, 5.41) is 3.53. The monoisotopic (exact) mass is 684 g/mol. The van der Waals surface area contributed by atoms with Gasteiger partial charge in [0.1, 0.15) is 0 Å². The molecule has 0 radical (unpaired) electrons. The molecule has 1 aromatic heterocycles. The van der Waals surface area contributed by atoms with Crippen molar-refractivity contribution in [3.05, 3.63) is 65.2 Å². The summed E-state index contributed by atoms with van der Waals surface area (Å²) in [6, 6.07) is 14.6. The van der Waals surface area contributed by atoms with Gasteiger partial charge in [-0.1, -0.05) is 30.3 Å². The second kappa shape index (κ2) is 12.3. The molecule has 48 heavy (non-hydrogen) atoms. The van der Waals surface area contributed by atoms with Crippen LogP contribution >= 0.6 is 0 Å². The van der Waals surface area contributed by atoms with E-state index in [1.165, 1.54) is 6.07 Å². The maximum atomic E-state index is 14.5. The second-order valence-electron chi connectivity index (χ2n) is 14.7. The van der Waals surface area contributed by atoms with Crippen LogP contribution in [0.15, 0.2) is 53.4 Å². The van der Waals surface area contributed by atoms with Crippen LogP contribution in [0.3, 0.4) is 0 Å². The molecule has 8 nitrogen and oxygen atoms in total. The van der Waals surface area contributed by atoms with E-state index in [0.717, 1.165) is 54.5 Å². The van der Waals surface area contributed by atoms with E-state index in [9.17, 15) is 21.6 Å². The zero-order valence-electron chi connectivity index (χ0n) is 27.6. The van der Waals surface area contributed by atoms with Gasteiger partial charge in [0.15, 0.2) is 0 Å². The van der Waals surface area contributed by atoms with Gasteiger partial charge >= 0.3 is 6.18 Å². The summed E-state index contributed by atoms with van der Waals surface area (Å²) >= 11 is 0. The Kier molecular flexibility index (Phi) is 8.51. The van der Waals surface area contributed by atoms with Gasteiger partial charge < -0.3 is 14.8 Å². The van der Waals surface area contributed by atoms with E-state index in [0.29, 0.717) is 18.3 Å². The number of methoxy groups -OCH3 is 1. The third kappa shape index (κ3) is 6.31. The number of fused-ring (bicyclic) bond motifs is 4. The van der Waals surface area contributed by atoms with E-state index in [-0.39, 0.29) is 59.8 Å². The Hall–Kier alpha value is -3.22. The Morgan fingerprint density at radius 3 is 2.40 bits per heavy atom. The van der Waals surface area contributed by atoms with Crippen molar-refractivity contribution in [1.82, 2.24) is 15.3 Å². The third-order valence-corrected chi connectivity index (χ3v) is 12.6. The molecule has 2 N–H and O–H groups in total. The summed E-state index contributed by atoms with van der Waals surface area (Å²) in [4.78, 5) is 9.01. The van der Waals surface area contributed by atoms with Crippen molar-refractivity contribution < 1.29 is 31.1 Å². The van der Waals surface area contributed by atoms with Gasteiger partial charge in [0, 0.05) is 37.2 Å². The van der Waals surface area contributed by atoms with Gasteiger partial charge in [0.2, 0.25) is 11.8 Å². The van der Waals surface area contributed by atoms with Crippen LogP contribution in [0.5, 0.6) is 5.88 Å². The van der Waals surface area contributed by atoms with Gasteiger partial charge in [-0.25, -0.2) is 18.1 Å². The summed E-state index contributed by atoms with van der Waals surface area (Å²) in [5.74, 6) is -0.760. The number of benzene rings is 2. The molecule has 12 heteroatoms. The smallest absolute Gasteiger partial charge is 0.394 e. The summed E-state index contributed by atoms with van der Waals surface area (Å²) < 4.78 is 85.2. The van der Waals surface area contributed by atoms with Crippen LogP contribution in [0.1, 0.15) is 67.6 Å². The Balaban J connectivity index is 1.26. The lowest BCUT2D eigenvalue weighted by atomic mass is 9.46. The number of rotatable bonds is 8. The maximum absolute atomic E-state index is 14.5. The van der Waals surface area contributed by atoms with E-state index in [1.54, 1.807) is 25.3 Å². The molecule has 3 fully saturated rings. The highest BCUT2D eigenvalue weighted by Crippen LogP contribution is 2.66. The first-order chi connectivity index (χ1) is 22.8. The van der Waals surface area contributed by atoms with Gasteiger partial charge in [0.25, 0.3) is 10.0 Å². The van der Waals surface area contributed by atoms with Crippen molar-refractivity contribution in [2.24, 2.45) is 22.7 Å². The fraction of sp³-hybridized carbons (Fsp3) is 0.556. The average molecular weight is 685 g/mol. The van der Waals surface area contributed by atoms with Crippen molar-refractivity contribution in [2.45, 2.75) is 81.8 Å². The zero-order valence-corrected chi connectivity index (χ0v) is 28.4. The van der Waals surface area contributed by atoms with Crippen LogP contribution in [0.2, 0.25) is 0 Å². The number of hydrogen-bond acceptors (Lipinski definition) is 7. The number of alkyl halides is 3. The van der Waals surface area contributed by atoms with Crippen LogP contribution in [-0.4, -0.2) is 57.5 Å². The molecular weight excluding hydrogens is 641 g/mol. The van der Waals surface area contributed by atoms with Gasteiger partial charge in [-0.3, -0.25) is 0 Å². The molecule has 2 atom stereocenters. The lowest BCUT2D eigenvalue weighted by Crippen LogP contribution is -2.57. The number of hydrogen-bond donors (Lipinski definition) is 2. The summed E-state index contributed by atoms with van der Waals surface area (Å²) in [6.07, 6.45) is -0.399. The molecule has 1 aliphatic heterocycles. The molecule has 0 amide bonds. The van der Waals surface area contributed by atoms with E-state index in [1.807, 2.05) is 38.1 Å². The molecule has 1 unspecified atom stereocenters. The van der Waals surface area contributed by atoms with E-state index in [4.69, 9.17) is 9.47 Å². The number of aromatic nitrogens is 2. The maximum Gasteiger partial charge on any atom is 0.394 e. The van der Waals surface area contributed by atoms with Crippen molar-refractivity contribution in [3.8, 4) is 17.1 Å². The molecular formula is C36H43F3N4O4S. The molecule has 0 saturated heterocycles.